The third-order valence-corrected chi connectivity index (χ3v) is 3.36. The molecule has 90 valence electrons. The molecule has 1 atom stereocenters. The first kappa shape index (κ1) is 12.3. The van der Waals surface area contributed by atoms with Gasteiger partial charge in [0.05, 0.1) is 0 Å². The number of carbonyl (C=O) groups excluding carboxylic acids is 1. The summed E-state index contributed by atoms with van der Waals surface area (Å²) in [6.07, 6.45) is 8.66. The van der Waals surface area contributed by atoms with Crippen molar-refractivity contribution in [3.8, 4) is 0 Å². The summed E-state index contributed by atoms with van der Waals surface area (Å²) >= 11 is 3.35. The number of allylic oxidation sites excluding steroid dienone is 2. The number of halogens is 1. The number of anilines is 1. The minimum absolute atomic E-state index is 0.0762. The number of hydrogen-bond acceptors (Lipinski definition) is 2. The lowest BCUT2D eigenvalue weighted by Crippen LogP contribution is -2.24. The molecule has 1 aromatic heterocycles. The number of carbonyl (C=O) groups is 1. The molecule has 1 unspecified atom stereocenters. The van der Waals surface area contributed by atoms with Gasteiger partial charge in [-0.25, -0.2) is 4.98 Å². The van der Waals surface area contributed by atoms with E-state index in [9.17, 15) is 4.79 Å². The van der Waals surface area contributed by atoms with Gasteiger partial charge in [-0.1, -0.05) is 12.2 Å². The maximum absolute atomic E-state index is 12.0. The third-order valence-electron chi connectivity index (χ3n) is 2.93. The monoisotopic (exact) mass is 294 g/mol. The van der Waals surface area contributed by atoms with Gasteiger partial charge < -0.3 is 5.32 Å². The molecule has 17 heavy (non-hydrogen) atoms. The highest BCUT2D eigenvalue weighted by atomic mass is 79.9. The van der Waals surface area contributed by atoms with Gasteiger partial charge in [-0.05, 0) is 53.7 Å². The molecular formula is C13H15BrN2O. The largest absolute Gasteiger partial charge is 0.310 e. The number of amides is 1. The second-order valence-corrected chi connectivity index (χ2v) is 5.21. The molecule has 1 N–H and O–H groups in total. The summed E-state index contributed by atoms with van der Waals surface area (Å²) in [5, 5.41) is 2.90. The van der Waals surface area contributed by atoms with Gasteiger partial charge in [0.2, 0.25) is 5.91 Å². The van der Waals surface area contributed by atoms with Crippen molar-refractivity contribution < 1.29 is 4.79 Å². The topological polar surface area (TPSA) is 42.0 Å². The van der Waals surface area contributed by atoms with E-state index in [4.69, 9.17) is 0 Å². The second kappa shape index (κ2) is 5.45. The maximum atomic E-state index is 12.0. The average Bonchev–Trinajstić information content (AvgIpc) is 2.34. The number of nitrogens with one attached hydrogen (secondary N) is 1. The van der Waals surface area contributed by atoms with E-state index in [0.717, 1.165) is 29.3 Å². The Bertz CT molecular complexity index is 457. The van der Waals surface area contributed by atoms with E-state index in [2.05, 4.69) is 38.4 Å². The van der Waals surface area contributed by atoms with Crippen molar-refractivity contribution >= 4 is 27.7 Å². The predicted octanol–water partition coefficient (Wildman–Crippen LogP) is 3.45. The Labute approximate surface area is 109 Å². The molecule has 0 saturated carbocycles. The Kier molecular flexibility index (Phi) is 3.94. The van der Waals surface area contributed by atoms with Gasteiger partial charge >= 0.3 is 0 Å². The zero-order valence-electron chi connectivity index (χ0n) is 9.74. The highest BCUT2D eigenvalue weighted by molar-refractivity contribution is 9.10. The first-order valence-corrected chi connectivity index (χ1v) is 6.54. The molecule has 1 heterocycles. The smallest absolute Gasteiger partial charge is 0.228 e. The number of hydrogen-bond donors (Lipinski definition) is 1. The quantitative estimate of drug-likeness (QED) is 0.849. The predicted molar refractivity (Wildman–Crippen MR) is 71.8 cm³/mol. The van der Waals surface area contributed by atoms with Gasteiger partial charge in [0.25, 0.3) is 0 Å². The molecule has 1 amide bonds. The Morgan fingerprint density at radius 1 is 1.53 bits per heavy atom. The lowest BCUT2D eigenvalue weighted by atomic mass is 9.93. The molecule has 0 aromatic carbocycles. The molecule has 3 nitrogen and oxygen atoms in total. The Balaban J connectivity index is 2.05. The Morgan fingerprint density at radius 2 is 2.35 bits per heavy atom. The molecule has 1 aromatic rings. The molecule has 0 fully saturated rings. The van der Waals surface area contributed by atoms with Crippen LogP contribution in [0.4, 0.5) is 5.82 Å². The van der Waals surface area contributed by atoms with Crippen LogP contribution in [0, 0.1) is 12.8 Å². The molecule has 0 bridgehead atoms. The molecule has 0 aliphatic heterocycles. The zero-order valence-corrected chi connectivity index (χ0v) is 11.3. The van der Waals surface area contributed by atoms with Crippen LogP contribution in [0.5, 0.6) is 0 Å². The van der Waals surface area contributed by atoms with E-state index < -0.39 is 0 Å². The molecule has 1 aliphatic carbocycles. The number of pyridine rings is 1. The van der Waals surface area contributed by atoms with E-state index in [1.807, 2.05) is 13.0 Å². The number of aryl methyl sites for hydroxylation is 1. The van der Waals surface area contributed by atoms with E-state index in [0.29, 0.717) is 5.82 Å². The molecule has 4 heteroatoms. The highest BCUT2D eigenvalue weighted by Crippen LogP contribution is 2.22. The first-order chi connectivity index (χ1) is 8.16. The average molecular weight is 295 g/mol. The number of rotatable bonds is 2. The van der Waals surface area contributed by atoms with Crippen LogP contribution in [0.1, 0.15) is 24.8 Å². The van der Waals surface area contributed by atoms with Crippen LogP contribution in [0.3, 0.4) is 0 Å². The molecule has 2 rings (SSSR count). The van der Waals surface area contributed by atoms with E-state index in [1.165, 1.54) is 0 Å². The molecule has 0 radical (unpaired) electrons. The Morgan fingerprint density at radius 3 is 3.00 bits per heavy atom. The van der Waals surface area contributed by atoms with Crippen LogP contribution in [-0.4, -0.2) is 10.9 Å². The summed E-state index contributed by atoms with van der Waals surface area (Å²) in [7, 11) is 0. The molecule has 0 spiro atoms. The van der Waals surface area contributed by atoms with E-state index >= 15 is 0 Å². The van der Waals surface area contributed by atoms with Gasteiger partial charge in [-0.3, -0.25) is 4.79 Å². The van der Waals surface area contributed by atoms with Gasteiger partial charge in [-0.2, -0.15) is 0 Å². The fourth-order valence-electron chi connectivity index (χ4n) is 1.92. The van der Waals surface area contributed by atoms with E-state index in [1.54, 1.807) is 6.20 Å². The van der Waals surface area contributed by atoms with Crippen molar-refractivity contribution in [1.82, 2.24) is 4.98 Å². The van der Waals surface area contributed by atoms with Crippen molar-refractivity contribution in [2.24, 2.45) is 5.92 Å². The van der Waals surface area contributed by atoms with Crippen molar-refractivity contribution in [2.75, 3.05) is 5.32 Å². The summed E-state index contributed by atoms with van der Waals surface area (Å²) in [5.74, 6) is 0.824. The summed E-state index contributed by atoms with van der Waals surface area (Å²) < 4.78 is 0.925. The minimum atomic E-state index is 0.0762. The standard InChI is InChI=1S/C13H15BrN2O/c1-9-7-11(14)8-15-12(9)16-13(17)10-5-3-2-4-6-10/h2-3,7-8,10H,4-6H2,1H3,(H,15,16,17). The van der Waals surface area contributed by atoms with Gasteiger partial charge in [0.1, 0.15) is 5.82 Å². The number of aromatic nitrogens is 1. The van der Waals surface area contributed by atoms with Crippen LogP contribution in [0.15, 0.2) is 28.9 Å². The van der Waals surface area contributed by atoms with Crippen LogP contribution >= 0.6 is 15.9 Å². The summed E-state index contributed by atoms with van der Waals surface area (Å²) in [4.78, 5) is 16.2. The highest BCUT2D eigenvalue weighted by Gasteiger charge is 2.19. The van der Waals surface area contributed by atoms with Crippen LogP contribution in [0.2, 0.25) is 0 Å². The SMILES string of the molecule is Cc1cc(Br)cnc1NC(=O)C1CC=CCC1. The summed E-state index contributed by atoms with van der Waals surface area (Å²) in [5.41, 5.74) is 0.971. The third kappa shape index (κ3) is 3.16. The van der Waals surface area contributed by atoms with Gasteiger partial charge in [0.15, 0.2) is 0 Å². The summed E-state index contributed by atoms with van der Waals surface area (Å²) in [6.45, 7) is 1.94. The molecular weight excluding hydrogens is 280 g/mol. The van der Waals surface area contributed by atoms with Gasteiger partial charge in [-0.15, -0.1) is 0 Å². The van der Waals surface area contributed by atoms with Crippen molar-refractivity contribution in [2.45, 2.75) is 26.2 Å². The lowest BCUT2D eigenvalue weighted by Gasteiger charge is -2.17. The molecule has 0 saturated heterocycles. The Hall–Kier alpha value is -1.16. The fraction of sp³-hybridized carbons (Fsp3) is 0.385. The summed E-state index contributed by atoms with van der Waals surface area (Å²) in [6, 6.07) is 1.95. The van der Waals surface area contributed by atoms with Crippen molar-refractivity contribution in [3.63, 3.8) is 0 Å². The van der Waals surface area contributed by atoms with Crippen LogP contribution < -0.4 is 5.32 Å². The van der Waals surface area contributed by atoms with Crippen molar-refractivity contribution in [1.29, 1.82) is 0 Å². The van der Waals surface area contributed by atoms with Gasteiger partial charge in [0, 0.05) is 16.6 Å². The second-order valence-electron chi connectivity index (χ2n) is 4.29. The zero-order chi connectivity index (χ0) is 12.3. The normalized spacial score (nSPS) is 19.1. The van der Waals surface area contributed by atoms with Crippen LogP contribution in [-0.2, 0) is 4.79 Å². The fourth-order valence-corrected chi connectivity index (χ4v) is 2.37. The van der Waals surface area contributed by atoms with Crippen molar-refractivity contribution in [3.05, 3.63) is 34.5 Å². The van der Waals surface area contributed by atoms with E-state index in [-0.39, 0.29) is 11.8 Å². The minimum Gasteiger partial charge on any atom is -0.310 e. The first-order valence-electron chi connectivity index (χ1n) is 5.75. The molecule has 1 aliphatic rings. The van der Waals surface area contributed by atoms with Crippen LogP contribution in [0.25, 0.3) is 0 Å². The maximum Gasteiger partial charge on any atom is 0.228 e. The number of nitrogens with zero attached hydrogens (tertiary/aromatic N) is 1. The lowest BCUT2D eigenvalue weighted by molar-refractivity contribution is -0.120.